The summed E-state index contributed by atoms with van der Waals surface area (Å²) >= 11 is 3.52. The zero-order chi connectivity index (χ0) is 14.1. The van der Waals surface area contributed by atoms with E-state index < -0.39 is 6.10 Å². The fourth-order valence-corrected chi connectivity index (χ4v) is 3.04. The Morgan fingerprint density at radius 2 is 2.25 bits per heavy atom. The van der Waals surface area contributed by atoms with E-state index in [0.29, 0.717) is 12.1 Å². The first-order valence-electron chi connectivity index (χ1n) is 6.68. The van der Waals surface area contributed by atoms with Crippen molar-refractivity contribution in [1.29, 1.82) is 0 Å². The Labute approximate surface area is 126 Å². The molecular formula is C16H16BrNO2. The van der Waals surface area contributed by atoms with Gasteiger partial charge in [-0.05, 0) is 41.8 Å². The molecule has 0 aliphatic carbocycles. The Kier molecular flexibility index (Phi) is 3.76. The molecule has 1 N–H and O–H groups in total. The summed E-state index contributed by atoms with van der Waals surface area (Å²) in [5, 5.41) is 10.4. The van der Waals surface area contributed by atoms with Crippen LogP contribution in [0.15, 0.2) is 34.9 Å². The number of rotatable bonds is 3. The molecule has 0 bridgehead atoms. The summed E-state index contributed by atoms with van der Waals surface area (Å²) in [6.45, 7) is 2.70. The van der Waals surface area contributed by atoms with Crippen LogP contribution in [0.1, 0.15) is 28.5 Å². The lowest BCUT2D eigenvalue weighted by atomic mass is 10.0. The van der Waals surface area contributed by atoms with Gasteiger partial charge >= 0.3 is 0 Å². The van der Waals surface area contributed by atoms with Crippen LogP contribution in [0.3, 0.4) is 0 Å². The third-order valence-electron chi connectivity index (χ3n) is 3.51. The number of hydrogen-bond donors (Lipinski definition) is 1. The molecule has 2 aromatic rings. The minimum atomic E-state index is -0.613. The molecule has 0 amide bonds. The van der Waals surface area contributed by atoms with Crippen molar-refractivity contribution in [2.75, 3.05) is 6.61 Å². The van der Waals surface area contributed by atoms with Crippen molar-refractivity contribution in [2.24, 2.45) is 0 Å². The largest absolute Gasteiger partial charge is 0.493 e. The van der Waals surface area contributed by atoms with Gasteiger partial charge in [0.25, 0.3) is 0 Å². The number of aliphatic hydroxyl groups excluding tert-OH is 1. The summed E-state index contributed by atoms with van der Waals surface area (Å²) in [7, 11) is 0. The second-order valence-electron chi connectivity index (χ2n) is 5.13. The van der Waals surface area contributed by atoms with Gasteiger partial charge in [-0.2, -0.15) is 0 Å². The second-order valence-corrected chi connectivity index (χ2v) is 6.05. The molecule has 3 rings (SSSR count). The third-order valence-corrected chi connectivity index (χ3v) is 3.97. The Bertz CT molecular complexity index is 625. The average Bonchev–Trinajstić information content (AvgIpc) is 2.87. The smallest absolute Gasteiger partial charge is 0.125 e. The van der Waals surface area contributed by atoms with E-state index in [1.165, 1.54) is 5.56 Å². The van der Waals surface area contributed by atoms with Gasteiger partial charge in [-0.3, -0.25) is 4.98 Å². The highest BCUT2D eigenvalue weighted by Gasteiger charge is 2.20. The van der Waals surface area contributed by atoms with E-state index in [1.807, 2.05) is 25.1 Å². The molecule has 1 aromatic heterocycles. The molecule has 104 valence electrons. The van der Waals surface area contributed by atoms with E-state index in [-0.39, 0.29) is 0 Å². The maximum absolute atomic E-state index is 10.4. The first-order valence-corrected chi connectivity index (χ1v) is 7.47. The molecule has 20 heavy (non-hydrogen) atoms. The minimum absolute atomic E-state index is 0.512. The van der Waals surface area contributed by atoms with Gasteiger partial charge in [0.15, 0.2) is 0 Å². The van der Waals surface area contributed by atoms with Gasteiger partial charge in [0.05, 0.1) is 12.3 Å². The summed E-state index contributed by atoms with van der Waals surface area (Å²) < 4.78 is 6.72. The Morgan fingerprint density at radius 1 is 1.40 bits per heavy atom. The predicted molar refractivity (Wildman–Crippen MR) is 81.0 cm³/mol. The zero-order valence-electron chi connectivity index (χ0n) is 11.3. The summed E-state index contributed by atoms with van der Waals surface area (Å²) in [4.78, 5) is 4.29. The molecule has 3 nitrogen and oxygen atoms in total. The second kappa shape index (κ2) is 5.54. The Balaban J connectivity index is 1.86. The van der Waals surface area contributed by atoms with Crippen LogP contribution < -0.4 is 4.74 Å². The van der Waals surface area contributed by atoms with Gasteiger partial charge in [-0.1, -0.05) is 22.0 Å². The van der Waals surface area contributed by atoms with Crippen LogP contribution in [0.2, 0.25) is 0 Å². The van der Waals surface area contributed by atoms with Crippen LogP contribution in [0.5, 0.6) is 5.75 Å². The molecular weight excluding hydrogens is 318 g/mol. The first kappa shape index (κ1) is 13.6. The highest BCUT2D eigenvalue weighted by atomic mass is 79.9. The van der Waals surface area contributed by atoms with Crippen LogP contribution in [0.4, 0.5) is 0 Å². The maximum atomic E-state index is 10.4. The zero-order valence-corrected chi connectivity index (χ0v) is 12.9. The third kappa shape index (κ3) is 2.72. The molecule has 1 unspecified atom stereocenters. The highest BCUT2D eigenvalue weighted by molar-refractivity contribution is 9.10. The lowest BCUT2D eigenvalue weighted by molar-refractivity contribution is 0.172. The quantitative estimate of drug-likeness (QED) is 0.936. The van der Waals surface area contributed by atoms with E-state index >= 15 is 0 Å². The lowest BCUT2D eigenvalue weighted by Crippen LogP contribution is -2.05. The van der Waals surface area contributed by atoms with E-state index in [2.05, 4.69) is 27.0 Å². The summed E-state index contributed by atoms with van der Waals surface area (Å²) in [5.74, 6) is 0.930. The van der Waals surface area contributed by atoms with E-state index in [4.69, 9.17) is 4.74 Å². The van der Waals surface area contributed by atoms with Gasteiger partial charge in [0, 0.05) is 23.5 Å². The lowest BCUT2D eigenvalue weighted by Gasteiger charge is -2.13. The Hall–Kier alpha value is -1.39. The molecule has 0 saturated heterocycles. The van der Waals surface area contributed by atoms with Crippen molar-refractivity contribution in [2.45, 2.75) is 25.9 Å². The van der Waals surface area contributed by atoms with Crippen LogP contribution in [-0.4, -0.2) is 16.7 Å². The number of hydrogen-bond acceptors (Lipinski definition) is 3. The molecule has 0 saturated carbocycles. The van der Waals surface area contributed by atoms with Crippen LogP contribution in [-0.2, 0) is 12.8 Å². The van der Waals surface area contributed by atoms with Crippen molar-refractivity contribution in [3.63, 3.8) is 0 Å². The monoisotopic (exact) mass is 333 g/mol. The first-order chi connectivity index (χ1) is 9.63. The molecule has 1 aromatic carbocycles. The molecule has 1 aliphatic rings. The number of nitrogens with zero attached hydrogens (tertiary/aromatic N) is 1. The van der Waals surface area contributed by atoms with E-state index in [1.54, 1.807) is 6.20 Å². The van der Waals surface area contributed by atoms with Crippen molar-refractivity contribution in [3.05, 3.63) is 57.3 Å². The van der Waals surface area contributed by atoms with Gasteiger partial charge in [0.2, 0.25) is 0 Å². The molecule has 0 fully saturated rings. The van der Waals surface area contributed by atoms with Crippen molar-refractivity contribution < 1.29 is 9.84 Å². The minimum Gasteiger partial charge on any atom is -0.493 e. The number of aromatic nitrogens is 1. The SMILES string of the molecule is Cc1ccc(C(O)Cc2cc(Br)cc3c2OCC3)nc1. The molecule has 4 heteroatoms. The number of halogens is 1. The number of benzene rings is 1. The fraction of sp³-hybridized carbons (Fsp3) is 0.312. The van der Waals surface area contributed by atoms with Gasteiger partial charge in [0.1, 0.15) is 11.9 Å². The van der Waals surface area contributed by atoms with Crippen molar-refractivity contribution in [3.8, 4) is 5.75 Å². The van der Waals surface area contributed by atoms with Crippen molar-refractivity contribution >= 4 is 15.9 Å². The number of pyridine rings is 1. The molecule has 1 aliphatic heterocycles. The normalized spacial score (nSPS) is 14.8. The maximum Gasteiger partial charge on any atom is 0.125 e. The molecule has 0 spiro atoms. The molecule has 0 radical (unpaired) electrons. The van der Waals surface area contributed by atoms with Crippen molar-refractivity contribution in [1.82, 2.24) is 4.98 Å². The van der Waals surface area contributed by atoms with E-state index in [9.17, 15) is 5.11 Å². The summed E-state index contributed by atoms with van der Waals surface area (Å²) in [5.41, 5.74) is 4.02. The average molecular weight is 334 g/mol. The topological polar surface area (TPSA) is 42.4 Å². The summed E-state index contributed by atoms with van der Waals surface area (Å²) in [6.07, 6.45) is 2.61. The molecule has 2 heterocycles. The molecule has 1 atom stereocenters. The van der Waals surface area contributed by atoms with Crippen LogP contribution in [0, 0.1) is 6.92 Å². The van der Waals surface area contributed by atoms with Crippen LogP contribution in [0.25, 0.3) is 0 Å². The van der Waals surface area contributed by atoms with Gasteiger partial charge < -0.3 is 9.84 Å². The Morgan fingerprint density at radius 3 is 3.00 bits per heavy atom. The fourth-order valence-electron chi connectivity index (χ4n) is 2.49. The standard InChI is InChI=1S/C16H16BrNO2/c1-10-2-3-14(18-9-10)15(19)8-12-7-13(17)6-11-4-5-20-16(11)12/h2-3,6-7,9,15,19H,4-5,8H2,1H3. The van der Waals surface area contributed by atoms with E-state index in [0.717, 1.165) is 34.4 Å². The number of aryl methyl sites for hydroxylation is 1. The van der Waals surface area contributed by atoms with Crippen LogP contribution >= 0.6 is 15.9 Å². The summed E-state index contributed by atoms with van der Waals surface area (Å²) in [6, 6.07) is 7.94. The number of fused-ring (bicyclic) bond motifs is 1. The number of aliphatic hydroxyl groups is 1. The van der Waals surface area contributed by atoms with Gasteiger partial charge in [-0.15, -0.1) is 0 Å². The predicted octanol–water partition coefficient (Wildman–Crippen LogP) is 3.36. The number of ether oxygens (including phenoxy) is 1. The highest BCUT2D eigenvalue weighted by Crippen LogP contribution is 2.35. The van der Waals surface area contributed by atoms with Gasteiger partial charge in [-0.25, -0.2) is 0 Å².